The zero-order valence-electron chi connectivity index (χ0n) is 12.0. The van der Waals surface area contributed by atoms with Crippen LogP contribution in [-0.2, 0) is 0 Å². The zero-order valence-corrected chi connectivity index (χ0v) is 12.0. The molecule has 0 bridgehead atoms. The normalized spacial score (nSPS) is 10.6. The van der Waals surface area contributed by atoms with Crippen molar-refractivity contribution < 1.29 is 9.26 Å². The SMILES string of the molecule is COc1ccccc1-c1noc(N)c1-c1cccc(C)c1. The Hall–Kier alpha value is -2.75. The number of methoxy groups -OCH3 is 1. The first-order valence-corrected chi connectivity index (χ1v) is 6.66. The van der Waals surface area contributed by atoms with Gasteiger partial charge in [-0.1, -0.05) is 47.1 Å². The summed E-state index contributed by atoms with van der Waals surface area (Å²) >= 11 is 0. The van der Waals surface area contributed by atoms with Crippen LogP contribution in [0.15, 0.2) is 53.1 Å². The van der Waals surface area contributed by atoms with Crippen molar-refractivity contribution in [3.63, 3.8) is 0 Å². The third-order valence-electron chi connectivity index (χ3n) is 3.39. The van der Waals surface area contributed by atoms with Crippen molar-refractivity contribution in [1.82, 2.24) is 5.16 Å². The molecule has 3 aromatic rings. The molecule has 0 atom stereocenters. The predicted octanol–water partition coefficient (Wildman–Crippen LogP) is 3.91. The van der Waals surface area contributed by atoms with Gasteiger partial charge in [-0.05, 0) is 24.6 Å². The Morgan fingerprint density at radius 3 is 2.67 bits per heavy atom. The van der Waals surface area contributed by atoms with Gasteiger partial charge in [-0.25, -0.2) is 0 Å². The summed E-state index contributed by atoms with van der Waals surface area (Å²) in [6.45, 7) is 2.04. The molecule has 0 fully saturated rings. The molecule has 0 aliphatic carbocycles. The van der Waals surface area contributed by atoms with Gasteiger partial charge in [0.15, 0.2) is 0 Å². The van der Waals surface area contributed by atoms with Gasteiger partial charge in [0.2, 0.25) is 5.88 Å². The lowest BCUT2D eigenvalue weighted by molar-refractivity contribution is 0.414. The highest BCUT2D eigenvalue weighted by Crippen LogP contribution is 2.39. The summed E-state index contributed by atoms with van der Waals surface area (Å²) in [6, 6.07) is 15.8. The van der Waals surface area contributed by atoms with Crippen LogP contribution in [-0.4, -0.2) is 12.3 Å². The molecule has 106 valence electrons. The lowest BCUT2D eigenvalue weighted by Gasteiger charge is -2.08. The van der Waals surface area contributed by atoms with Crippen molar-refractivity contribution in [3.8, 4) is 28.1 Å². The number of aromatic nitrogens is 1. The van der Waals surface area contributed by atoms with E-state index in [-0.39, 0.29) is 0 Å². The number of anilines is 1. The van der Waals surface area contributed by atoms with Crippen LogP contribution in [0.5, 0.6) is 5.75 Å². The van der Waals surface area contributed by atoms with Crippen molar-refractivity contribution in [1.29, 1.82) is 0 Å². The molecular weight excluding hydrogens is 264 g/mol. The molecular formula is C17H16N2O2. The van der Waals surface area contributed by atoms with E-state index in [2.05, 4.69) is 11.2 Å². The molecule has 0 aliphatic rings. The standard InChI is InChI=1S/C17H16N2O2/c1-11-6-5-7-12(10-11)15-16(19-21-17(15)18)13-8-3-4-9-14(13)20-2/h3-10H,18H2,1-2H3. The molecule has 0 saturated carbocycles. The number of nitrogens with zero attached hydrogens (tertiary/aromatic N) is 1. The number of nitrogens with two attached hydrogens (primary N) is 1. The van der Waals surface area contributed by atoms with Gasteiger partial charge >= 0.3 is 0 Å². The number of rotatable bonds is 3. The molecule has 2 N–H and O–H groups in total. The monoisotopic (exact) mass is 280 g/mol. The first-order chi connectivity index (χ1) is 10.2. The highest BCUT2D eigenvalue weighted by Gasteiger charge is 2.19. The average molecular weight is 280 g/mol. The maximum Gasteiger partial charge on any atom is 0.230 e. The van der Waals surface area contributed by atoms with Crippen LogP contribution in [0.25, 0.3) is 22.4 Å². The Kier molecular flexibility index (Phi) is 3.36. The minimum Gasteiger partial charge on any atom is -0.496 e. The first kappa shape index (κ1) is 13.2. The summed E-state index contributed by atoms with van der Waals surface area (Å²) in [5, 5.41) is 4.12. The number of ether oxygens (including phenoxy) is 1. The smallest absolute Gasteiger partial charge is 0.230 e. The molecule has 1 heterocycles. The number of aryl methyl sites for hydroxylation is 1. The molecule has 0 radical (unpaired) electrons. The van der Waals surface area contributed by atoms with Crippen LogP contribution in [0.4, 0.5) is 5.88 Å². The Bertz CT molecular complexity index is 778. The highest BCUT2D eigenvalue weighted by molar-refractivity contribution is 5.88. The van der Waals surface area contributed by atoms with E-state index in [9.17, 15) is 0 Å². The summed E-state index contributed by atoms with van der Waals surface area (Å²) in [5.41, 5.74) is 10.5. The van der Waals surface area contributed by atoms with Crippen molar-refractivity contribution in [2.45, 2.75) is 6.92 Å². The van der Waals surface area contributed by atoms with E-state index in [1.165, 1.54) is 0 Å². The molecule has 1 aromatic heterocycles. The van der Waals surface area contributed by atoms with Crippen molar-refractivity contribution in [3.05, 3.63) is 54.1 Å². The van der Waals surface area contributed by atoms with Crippen molar-refractivity contribution >= 4 is 5.88 Å². The fourth-order valence-electron chi connectivity index (χ4n) is 2.41. The predicted molar refractivity (Wildman–Crippen MR) is 83.1 cm³/mol. The van der Waals surface area contributed by atoms with E-state index in [0.717, 1.165) is 28.0 Å². The molecule has 2 aromatic carbocycles. The van der Waals surface area contributed by atoms with Crippen LogP contribution >= 0.6 is 0 Å². The topological polar surface area (TPSA) is 61.3 Å². The molecule has 3 rings (SSSR count). The molecule has 0 spiro atoms. The lowest BCUT2D eigenvalue weighted by Crippen LogP contribution is -1.91. The molecule has 0 saturated heterocycles. The minimum atomic E-state index is 0.307. The van der Waals surface area contributed by atoms with E-state index >= 15 is 0 Å². The number of hydrogen-bond donors (Lipinski definition) is 1. The number of benzene rings is 2. The Balaban J connectivity index is 2.22. The summed E-state index contributed by atoms with van der Waals surface area (Å²) in [4.78, 5) is 0. The van der Waals surface area contributed by atoms with Crippen LogP contribution in [0.1, 0.15) is 5.56 Å². The second kappa shape index (κ2) is 5.32. The first-order valence-electron chi connectivity index (χ1n) is 6.66. The van der Waals surface area contributed by atoms with Crippen LogP contribution in [0.2, 0.25) is 0 Å². The summed E-state index contributed by atoms with van der Waals surface area (Å²) < 4.78 is 10.6. The van der Waals surface area contributed by atoms with E-state index in [4.69, 9.17) is 15.0 Å². The molecule has 4 heteroatoms. The summed E-state index contributed by atoms with van der Waals surface area (Å²) in [6.07, 6.45) is 0. The van der Waals surface area contributed by atoms with E-state index < -0.39 is 0 Å². The van der Waals surface area contributed by atoms with Crippen molar-refractivity contribution in [2.75, 3.05) is 12.8 Å². The second-order valence-electron chi connectivity index (χ2n) is 4.84. The second-order valence-corrected chi connectivity index (χ2v) is 4.84. The third-order valence-corrected chi connectivity index (χ3v) is 3.39. The van der Waals surface area contributed by atoms with Crippen LogP contribution < -0.4 is 10.5 Å². The van der Waals surface area contributed by atoms with Gasteiger partial charge < -0.3 is 15.0 Å². The maximum atomic E-state index is 5.98. The van der Waals surface area contributed by atoms with E-state index in [1.54, 1.807) is 7.11 Å². The third kappa shape index (κ3) is 2.36. The van der Waals surface area contributed by atoms with Gasteiger partial charge in [-0.2, -0.15) is 0 Å². The van der Waals surface area contributed by atoms with E-state index in [0.29, 0.717) is 11.6 Å². The van der Waals surface area contributed by atoms with Gasteiger partial charge in [0, 0.05) is 5.56 Å². The Morgan fingerprint density at radius 2 is 1.90 bits per heavy atom. The number of hydrogen-bond acceptors (Lipinski definition) is 4. The van der Waals surface area contributed by atoms with Gasteiger partial charge in [-0.3, -0.25) is 0 Å². The summed E-state index contributed by atoms with van der Waals surface area (Å²) in [5.74, 6) is 1.04. The van der Waals surface area contributed by atoms with Crippen LogP contribution in [0, 0.1) is 6.92 Å². The molecule has 0 amide bonds. The minimum absolute atomic E-state index is 0.307. The van der Waals surface area contributed by atoms with Crippen molar-refractivity contribution in [2.24, 2.45) is 0 Å². The van der Waals surface area contributed by atoms with Crippen LogP contribution in [0.3, 0.4) is 0 Å². The molecule has 0 unspecified atom stereocenters. The van der Waals surface area contributed by atoms with Gasteiger partial charge in [0.25, 0.3) is 0 Å². The van der Waals surface area contributed by atoms with Gasteiger partial charge in [0.1, 0.15) is 11.4 Å². The quantitative estimate of drug-likeness (QED) is 0.790. The molecule has 21 heavy (non-hydrogen) atoms. The highest BCUT2D eigenvalue weighted by atomic mass is 16.5. The number of para-hydroxylation sites is 1. The molecule has 4 nitrogen and oxygen atoms in total. The number of nitrogen functional groups attached to an aromatic ring is 1. The Morgan fingerprint density at radius 1 is 1.10 bits per heavy atom. The van der Waals surface area contributed by atoms with Gasteiger partial charge in [0.05, 0.1) is 12.7 Å². The zero-order chi connectivity index (χ0) is 14.8. The maximum absolute atomic E-state index is 5.98. The lowest BCUT2D eigenvalue weighted by atomic mass is 9.99. The Labute approximate surface area is 123 Å². The average Bonchev–Trinajstić information content (AvgIpc) is 2.88. The summed E-state index contributed by atoms with van der Waals surface area (Å²) in [7, 11) is 1.63. The fraction of sp³-hybridized carbons (Fsp3) is 0.118. The van der Waals surface area contributed by atoms with E-state index in [1.807, 2.05) is 49.4 Å². The largest absolute Gasteiger partial charge is 0.496 e. The van der Waals surface area contributed by atoms with Gasteiger partial charge in [-0.15, -0.1) is 0 Å². The molecule has 0 aliphatic heterocycles. The fourth-order valence-corrected chi connectivity index (χ4v) is 2.41.